The monoisotopic (exact) mass is 359 g/mol. The van der Waals surface area contributed by atoms with Crippen molar-refractivity contribution in [1.82, 2.24) is 4.90 Å². The fourth-order valence-electron chi connectivity index (χ4n) is 3.26. The summed E-state index contributed by atoms with van der Waals surface area (Å²) in [6.07, 6.45) is 9.40. The van der Waals surface area contributed by atoms with Gasteiger partial charge in [-0.3, -0.25) is 4.79 Å². The molecule has 1 heterocycles. The number of likely N-dealkylation sites (tertiary alicyclic amines) is 1. The number of hydrogen-bond acceptors (Lipinski definition) is 3. The lowest BCUT2D eigenvalue weighted by Gasteiger charge is -2.22. The Morgan fingerprint density at radius 2 is 2.08 bits per heavy atom. The minimum absolute atomic E-state index is 0.0965. The summed E-state index contributed by atoms with van der Waals surface area (Å²) in [7, 11) is 0. The van der Waals surface area contributed by atoms with Crippen LogP contribution in [0, 0.1) is 0 Å². The molecule has 5 heteroatoms. The summed E-state index contributed by atoms with van der Waals surface area (Å²) >= 11 is 0. The third-order valence-electron chi connectivity index (χ3n) is 4.87. The molecule has 1 amide bonds. The Morgan fingerprint density at radius 3 is 2.73 bits per heavy atom. The van der Waals surface area contributed by atoms with Crippen LogP contribution in [0.5, 0.6) is 0 Å². The number of rotatable bonds is 10. The van der Waals surface area contributed by atoms with Crippen LogP contribution < -0.4 is 0 Å². The number of aliphatic hydroxyl groups is 1. The fourth-order valence-corrected chi connectivity index (χ4v) is 3.26. The molecular weight excluding hydrogens is 330 g/mol. The van der Waals surface area contributed by atoms with E-state index in [9.17, 15) is 14.7 Å². The Bertz CT molecular complexity index is 623. The van der Waals surface area contributed by atoms with Crippen LogP contribution in [-0.2, 0) is 11.2 Å². The van der Waals surface area contributed by atoms with Gasteiger partial charge in [-0.1, -0.05) is 44.1 Å². The first-order chi connectivity index (χ1) is 12.5. The summed E-state index contributed by atoms with van der Waals surface area (Å²) < 4.78 is 0. The van der Waals surface area contributed by atoms with Gasteiger partial charge in [0.25, 0.3) is 0 Å². The summed E-state index contributed by atoms with van der Waals surface area (Å²) in [6.45, 7) is 2.73. The van der Waals surface area contributed by atoms with Crippen LogP contribution >= 0.6 is 0 Å². The summed E-state index contributed by atoms with van der Waals surface area (Å²) in [5.74, 6) is -0.772. The number of unbranched alkanes of at least 4 members (excludes halogenated alkanes) is 1. The maximum Gasteiger partial charge on any atom is 0.335 e. The van der Waals surface area contributed by atoms with Crippen molar-refractivity contribution in [3.63, 3.8) is 0 Å². The number of hydrogen-bond donors (Lipinski definition) is 2. The van der Waals surface area contributed by atoms with Gasteiger partial charge in [-0.15, -0.1) is 0 Å². The van der Waals surface area contributed by atoms with Gasteiger partial charge in [0.2, 0.25) is 5.91 Å². The molecule has 0 aliphatic carbocycles. The van der Waals surface area contributed by atoms with Crippen LogP contribution in [0.1, 0.15) is 61.4 Å². The van der Waals surface area contributed by atoms with Gasteiger partial charge in [0.1, 0.15) is 0 Å². The molecule has 1 aromatic rings. The van der Waals surface area contributed by atoms with Crippen LogP contribution in [0.25, 0.3) is 0 Å². The quantitative estimate of drug-likeness (QED) is 0.628. The highest BCUT2D eigenvalue weighted by Gasteiger charge is 2.28. The first-order valence-electron chi connectivity index (χ1n) is 9.47. The number of carboxylic acid groups (broad SMARTS) is 1. The summed E-state index contributed by atoms with van der Waals surface area (Å²) in [4.78, 5) is 24.9. The van der Waals surface area contributed by atoms with Gasteiger partial charge in [-0.2, -0.15) is 0 Å². The Morgan fingerprint density at radius 1 is 1.35 bits per heavy atom. The lowest BCUT2D eigenvalue weighted by atomic mass is 10.1. The summed E-state index contributed by atoms with van der Waals surface area (Å²) in [5.41, 5.74) is 1.29. The van der Waals surface area contributed by atoms with Crippen molar-refractivity contribution < 1.29 is 19.8 Å². The van der Waals surface area contributed by atoms with Gasteiger partial charge >= 0.3 is 5.97 Å². The molecule has 0 aromatic heterocycles. The SMILES string of the molecule is CCCC[C@@H](O)CC=CC1CCC(=O)N1CCc1ccc(C(=O)O)cc1. The van der Waals surface area contributed by atoms with Gasteiger partial charge in [0.05, 0.1) is 17.7 Å². The second-order valence-electron chi connectivity index (χ2n) is 6.91. The molecule has 1 saturated heterocycles. The van der Waals surface area contributed by atoms with Crippen LogP contribution in [0.15, 0.2) is 36.4 Å². The number of nitrogens with zero attached hydrogens (tertiary/aromatic N) is 1. The van der Waals surface area contributed by atoms with Crippen molar-refractivity contribution in [3.8, 4) is 0 Å². The van der Waals surface area contributed by atoms with E-state index in [0.717, 1.165) is 31.2 Å². The highest BCUT2D eigenvalue weighted by molar-refractivity contribution is 5.87. The first kappa shape index (κ1) is 20.2. The zero-order valence-electron chi connectivity index (χ0n) is 15.4. The molecule has 2 N–H and O–H groups in total. The number of carbonyl (C=O) groups excluding carboxylic acids is 1. The average molecular weight is 359 g/mol. The molecule has 2 rings (SSSR count). The van der Waals surface area contributed by atoms with E-state index in [1.54, 1.807) is 24.3 Å². The van der Waals surface area contributed by atoms with E-state index in [0.29, 0.717) is 25.8 Å². The molecule has 0 bridgehead atoms. The number of carboxylic acids is 1. The van der Waals surface area contributed by atoms with Gasteiger partial charge in [0.15, 0.2) is 0 Å². The van der Waals surface area contributed by atoms with E-state index in [4.69, 9.17) is 5.11 Å². The molecule has 5 nitrogen and oxygen atoms in total. The Balaban J connectivity index is 1.85. The molecule has 0 saturated carbocycles. The van der Waals surface area contributed by atoms with E-state index in [1.807, 2.05) is 17.1 Å². The number of aliphatic hydroxyl groups excluding tert-OH is 1. The normalized spacial score (nSPS) is 18.6. The van der Waals surface area contributed by atoms with E-state index in [1.165, 1.54) is 0 Å². The van der Waals surface area contributed by atoms with Crippen LogP contribution in [0.2, 0.25) is 0 Å². The predicted molar refractivity (Wildman–Crippen MR) is 101 cm³/mol. The van der Waals surface area contributed by atoms with Crippen LogP contribution in [-0.4, -0.2) is 45.7 Å². The van der Waals surface area contributed by atoms with Crippen molar-refractivity contribution >= 4 is 11.9 Å². The molecule has 1 aromatic carbocycles. The van der Waals surface area contributed by atoms with Crippen LogP contribution in [0.3, 0.4) is 0 Å². The first-order valence-corrected chi connectivity index (χ1v) is 9.47. The molecule has 1 fully saturated rings. The van der Waals surface area contributed by atoms with Crippen molar-refractivity contribution in [2.75, 3.05) is 6.54 Å². The van der Waals surface area contributed by atoms with Gasteiger partial charge in [0, 0.05) is 13.0 Å². The van der Waals surface area contributed by atoms with Crippen LogP contribution in [0.4, 0.5) is 0 Å². The standard InChI is InChI=1S/C21H29NO4/c1-2-3-6-19(23)7-4-5-18-12-13-20(24)22(18)15-14-16-8-10-17(11-9-16)21(25)26/h4-5,8-11,18-19,23H,2-3,6-7,12-15H2,1H3,(H,25,26)/t18?,19-/m1/s1. The fraction of sp³-hybridized carbons (Fsp3) is 0.524. The van der Waals surface area contributed by atoms with Gasteiger partial charge in [-0.25, -0.2) is 4.79 Å². The summed E-state index contributed by atoms with van der Waals surface area (Å²) in [6, 6.07) is 6.90. The second kappa shape index (κ2) is 10.1. The lowest BCUT2D eigenvalue weighted by molar-refractivity contribution is -0.128. The molecular formula is C21H29NO4. The van der Waals surface area contributed by atoms with Crippen molar-refractivity contribution in [1.29, 1.82) is 0 Å². The van der Waals surface area contributed by atoms with E-state index in [-0.39, 0.29) is 23.6 Å². The van der Waals surface area contributed by atoms with E-state index < -0.39 is 5.97 Å². The Hall–Kier alpha value is -2.14. The molecule has 142 valence electrons. The zero-order valence-corrected chi connectivity index (χ0v) is 15.4. The van der Waals surface area contributed by atoms with Crippen molar-refractivity contribution in [2.24, 2.45) is 0 Å². The summed E-state index contributed by atoms with van der Waals surface area (Å²) in [5, 5.41) is 18.9. The molecule has 1 aliphatic heterocycles. The molecule has 26 heavy (non-hydrogen) atoms. The Kier molecular flexibility index (Phi) is 7.85. The zero-order chi connectivity index (χ0) is 18.9. The van der Waals surface area contributed by atoms with Gasteiger partial charge < -0.3 is 15.1 Å². The molecule has 0 radical (unpaired) electrons. The maximum absolute atomic E-state index is 12.2. The lowest BCUT2D eigenvalue weighted by Crippen LogP contribution is -2.33. The molecule has 1 aliphatic rings. The maximum atomic E-state index is 12.2. The average Bonchev–Trinajstić information content (AvgIpc) is 2.98. The highest BCUT2D eigenvalue weighted by atomic mass is 16.4. The van der Waals surface area contributed by atoms with Gasteiger partial charge in [-0.05, 0) is 43.4 Å². The number of aromatic carboxylic acids is 1. The van der Waals surface area contributed by atoms with E-state index in [2.05, 4.69) is 6.92 Å². The molecule has 1 unspecified atom stereocenters. The minimum atomic E-state index is -0.933. The smallest absolute Gasteiger partial charge is 0.335 e. The highest BCUT2D eigenvalue weighted by Crippen LogP contribution is 2.21. The molecule has 0 spiro atoms. The Labute approximate surface area is 155 Å². The second-order valence-corrected chi connectivity index (χ2v) is 6.91. The number of carbonyl (C=O) groups is 2. The number of amides is 1. The topological polar surface area (TPSA) is 77.8 Å². The van der Waals surface area contributed by atoms with Crippen molar-refractivity contribution in [3.05, 3.63) is 47.5 Å². The minimum Gasteiger partial charge on any atom is -0.478 e. The predicted octanol–water partition coefficient (Wildman–Crippen LogP) is 3.42. The third-order valence-corrected chi connectivity index (χ3v) is 4.87. The third kappa shape index (κ3) is 5.99. The van der Waals surface area contributed by atoms with E-state index >= 15 is 0 Å². The molecule has 2 atom stereocenters. The largest absolute Gasteiger partial charge is 0.478 e. The van der Waals surface area contributed by atoms with Crippen molar-refractivity contribution in [2.45, 2.75) is 64.0 Å². The number of benzene rings is 1.